The lowest BCUT2D eigenvalue weighted by Crippen LogP contribution is -2.03. The average Bonchev–Trinajstić information content (AvgIpc) is 3.00. The molecule has 1 aromatic carbocycles. The Hall–Kier alpha value is -3.22. The highest BCUT2D eigenvalue weighted by Crippen LogP contribution is 2.20. The molecule has 3 rings (SSSR count). The highest BCUT2D eigenvalue weighted by atomic mass is 16.5. The molecule has 0 unspecified atom stereocenters. The topological polar surface area (TPSA) is 90.1 Å². The zero-order chi connectivity index (χ0) is 15.5. The zero-order valence-electron chi connectivity index (χ0n) is 11.7. The minimum absolute atomic E-state index is 0.0559. The summed E-state index contributed by atoms with van der Waals surface area (Å²) in [7, 11) is 0. The molecule has 3 aromatic rings. The molecular weight excluding hydrogens is 284 g/mol. The van der Waals surface area contributed by atoms with Crippen LogP contribution < -0.4 is 4.74 Å². The normalized spacial score (nSPS) is 10.4. The molecule has 0 saturated carbocycles. The van der Waals surface area contributed by atoms with Gasteiger partial charge in [-0.2, -0.15) is 5.10 Å². The van der Waals surface area contributed by atoms with E-state index in [2.05, 4.69) is 15.1 Å². The molecule has 0 fully saturated rings. The first-order chi connectivity index (χ1) is 10.6. The van der Waals surface area contributed by atoms with E-state index in [0.29, 0.717) is 17.4 Å². The van der Waals surface area contributed by atoms with Crippen molar-refractivity contribution in [1.82, 2.24) is 19.7 Å². The van der Waals surface area contributed by atoms with Gasteiger partial charge in [-0.3, -0.25) is 0 Å². The first-order valence-corrected chi connectivity index (χ1v) is 6.48. The standard InChI is InChI=1S/C15H12N4O3/c1-10-2-4-11(5-3-10)22-14-8-13(16-9-17-14)19-7-6-12(18-19)15(20)21/h2-9H,1H3,(H,20,21). The van der Waals surface area contributed by atoms with E-state index in [4.69, 9.17) is 9.84 Å². The molecule has 7 heteroatoms. The third-order valence-corrected chi connectivity index (χ3v) is 2.91. The maximum atomic E-state index is 10.8. The Balaban J connectivity index is 1.85. The summed E-state index contributed by atoms with van der Waals surface area (Å²) in [6, 6.07) is 10.5. The number of hydrogen-bond donors (Lipinski definition) is 1. The lowest BCUT2D eigenvalue weighted by Gasteiger charge is -2.06. The van der Waals surface area contributed by atoms with Crippen LogP contribution in [-0.4, -0.2) is 30.8 Å². The van der Waals surface area contributed by atoms with Crippen LogP contribution in [0.25, 0.3) is 5.82 Å². The van der Waals surface area contributed by atoms with Crippen LogP contribution in [0.4, 0.5) is 0 Å². The fourth-order valence-electron chi connectivity index (χ4n) is 1.80. The number of benzene rings is 1. The second-order valence-corrected chi connectivity index (χ2v) is 4.58. The molecule has 0 saturated heterocycles. The molecule has 0 amide bonds. The highest BCUT2D eigenvalue weighted by Gasteiger charge is 2.09. The van der Waals surface area contributed by atoms with Crippen molar-refractivity contribution in [3.8, 4) is 17.4 Å². The second-order valence-electron chi connectivity index (χ2n) is 4.58. The van der Waals surface area contributed by atoms with Crippen LogP contribution >= 0.6 is 0 Å². The Morgan fingerprint density at radius 3 is 2.64 bits per heavy atom. The summed E-state index contributed by atoms with van der Waals surface area (Å²) in [4.78, 5) is 18.9. The number of aryl methyl sites for hydroxylation is 1. The predicted molar refractivity (Wildman–Crippen MR) is 77.4 cm³/mol. The van der Waals surface area contributed by atoms with Crippen molar-refractivity contribution in [2.75, 3.05) is 0 Å². The van der Waals surface area contributed by atoms with Crippen molar-refractivity contribution in [3.05, 3.63) is 60.2 Å². The molecule has 0 atom stereocenters. The number of hydrogen-bond acceptors (Lipinski definition) is 5. The number of nitrogens with zero attached hydrogens (tertiary/aromatic N) is 4. The highest BCUT2D eigenvalue weighted by molar-refractivity contribution is 5.85. The van der Waals surface area contributed by atoms with Crippen molar-refractivity contribution in [1.29, 1.82) is 0 Å². The van der Waals surface area contributed by atoms with E-state index in [9.17, 15) is 4.79 Å². The summed E-state index contributed by atoms with van der Waals surface area (Å²) in [5.74, 6) is 0.330. The van der Waals surface area contributed by atoms with Gasteiger partial charge in [-0.05, 0) is 25.1 Å². The number of aromatic nitrogens is 4. The summed E-state index contributed by atoms with van der Waals surface area (Å²) in [5, 5.41) is 12.8. The van der Waals surface area contributed by atoms with Gasteiger partial charge < -0.3 is 9.84 Å². The van der Waals surface area contributed by atoms with Crippen LogP contribution in [0.5, 0.6) is 11.6 Å². The third-order valence-electron chi connectivity index (χ3n) is 2.91. The molecule has 1 N–H and O–H groups in total. The van der Waals surface area contributed by atoms with Crippen molar-refractivity contribution in [2.45, 2.75) is 6.92 Å². The summed E-state index contributed by atoms with van der Waals surface area (Å²) < 4.78 is 7.00. The van der Waals surface area contributed by atoms with Gasteiger partial charge in [0.05, 0.1) is 0 Å². The molecule has 0 aliphatic rings. The molecule has 0 spiro atoms. The fraction of sp³-hybridized carbons (Fsp3) is 0.0667. The molecule has 0 bridgehead atoms. The molecule has 110 valence electrons. The molecule has 0 aliphatic carbocycles. The fourth-order valence-corrected chi connectivity index (χ4v) is 1.80. The molecule has 2 aromatic heterocycles. The summed E-state index contributed by atoms with van der Waals surface area (Å²) >= 11 is 0. The summed E-state index contributed by atoms with van der Waals surface area (Å²) in [5.41, 5.74) is 1.08. The Kier molecular flexibility index (Phi) is 3.53. The van der Waals surface area contributed by atoms with Crippen molar-refractivity contribution in [3.63, 3.8) is 0 Å². The van der Waals surface area contributed by atoms with Gasteiger partial charge in [0.25, 0.3) is 0 Å². The van der Waals surface area contributed by atoms with Crippen LogP contribution in [0.15, 0.2) is 48.9 Å². The van der Waals surface area contributed by atoms with Crippen molar-refractivity contribution in [2.24, 2.45) is 0 Å². The minimum Gasteiger partial charge on any atom is -0.476 e. The van der Waals surface area contributed by atoms with E-state index in [0.717, 1.165) is 5.56 Å². The molecule has 0 radical (unpaired) electrons. The summed E-state index contributed by atoms with van der Waals surface area (Å²) in [6.07, 6.45) is 2.85. The molecule has 22 heavy (non-hydrogen) atoms. The monoisotopic (exact) mass is 296 g/mol. The number of rotatable bonds is 4. The first-order valence-electron chi connectivity index (χ1n) is 6.48. The van der Waals surface area contributed by atoms with Gasteiger partial charge >= 0.3 is 5.97 Å². The van der Waals surface area contributed by atoms with Gasteiger partial charge in [-0.15, -0.1) is 0 Å². The van der Waals surface area contributed by atoms with Crippen LogP contribution in [0.3, 0.4) is 0 Å². The van der Waals surface area contributed by atoms with Crippen LogP contribution in [0, 0.1) is 6.92 Å². The average molecular weight is 296 g/mol. The van der Waals surface area contributed by atoms with Crippen molar-refractivity contribution >= 4 is 5.97 Å². The van der Waals surface area contributed by atoms with E-state index < -0.39 is 5.97 Å². The Morgan fingerprint density at radius 2 is 1.95 bits per heavy atom. The van der Waals surface area contributed by atoms with E-state index in [1.165, 1.54) is 23.3 Å². The minimum atomic E-state index is -1.09. The van der Waals surface area contributed by atoms with Gasteiger partial charge in [0.2, 0.25) is 5.88 Å². The van der Waals surface area contributed by atoms with E-state index in [1.807, 2.05) is 31.2 Å². The van der Waals surface area contributed by atoms with E-state index in [1.54, 1.807) is 6.07 Å². The number of ether oxygens (including phenoxy) is 1. The third kappa shape index (κ3) is 2.93. The van der Waals surface area contributed by atoms with Gasteiger partial charge in [0.15, 0.2) is 11.5 Å². The predicted octanol–water partition coefficient (Wildman–Crippen LogP) is 2.46. The molecule has 0 aliphatic heterocycles. The van der Waals surface area contributed by atoms with E-state index in [-0.39, 0.29) is 5.69 Å². The van der Waals surface area contributed by atoms with Gasteiger partial charge in [0, 0.05) is 12.3 Å². The second kappa shape index (κ2) is 5.65. The Labute approximate surface area is 125 Å². The maximum Gasteiger partial charge on any atom is 0.356 e. The quantitative estimate of drug-likeness (QED) is 0.795. The van der Waals surface area contributed by atoms with Gasteiger partial charge in [-0.25, -0.2) is 19.4 Å². The number of carbonyl (C=O) groups is 1. The van der Waals surface area contributed by atoms with Gasteiger partial charge in [0.1, 0.15) is 12.1 Å². The van der Waals surface area contributed by atoms with Crippen LogP contribution in [0.1, 0.15) is 16.1 Å². The number of carboxylic acids is 1. The van der Waals surface area contributed by atoms with Crippen LogP contribution in [0.2, 0.25) is 0 Å². The number of aromatic carboxylic acids is 1. The summed E-state index contributed by atoms with van der Waals surface area (Å²) in [6.45, 7) is 1.99. The molecular formula is C15H12N4O3. The lowest BCUT2D eigenvalue weighted by molar-refractivity contribution is 0.0690. The maximum absolute atomic E-state index is 10.8. The Bertz CT molecular complexity index is 812. The molecule has 2 heterocycles. The zero-order valence-corrected chi connectivity index (χ0v) is 11.7. The first kappa shape index (κ1) is 13.7. The molecule has 7 nitrogen and oxygen atoms in total. The SMILES string of the molecule is Cc1ccc(Oc2cc(-n3ccc(C(=O)O)n3)ncn2)cc1. The largest absolute Gasteiger partial charge is 0.476 e. The van der Waals surface area contributed by atoms with E-state index >= 15 is 0 Å². The van der Waals surface area contributed by atoms with Gasteiger partial charge in [-0.1, -0.05) is 17.7 Å². The Morgan fingerprint density at radius 1 is 1.18 bits per heavy atom. The van der Waals surface area contributed by atoms with Crippen molar-refractivity contribution < 1.29 is 14.6 Å². The lowest BCUT2D eigenvalue weighted by atomic mass is 10.2. The number of carboxylic acid groups (broad SMARTS) is 1. The smallest absolute Gasteiger partial charge is 0.356 e. The van der Waals surface area contributed by atoms with Crippen LogP contribution in [-0.2, 0) is 0 Å².